The van der Waals surface area contributed by atoms with Crippen LogP contribution in [0.4, 0.5) is 0 Å². The number of hydrogen-bond acceptors (Lipinski definition) is 4. The van der Waals surface area contributed by atoms with E-state index >= 15 is 0 Å². The normalized spacial score (nSPS) is 21.2. The Morgan fingerprint density at radius 2 is 2.50 bits per heavy atom. The molecule has 0 bridgehead atoms. The van der Waals surface area contributed by atoms with Crippen molar-refractivity contribution in [3.8, 4) is 5.40 Å². The van der Waals surface area contributed by atoms with Crippen LogP contribution in [0.1, 0.15) is 0 Å². The van der Waals surface area contributed by atoms with Crippen LogP contribution in [0, 0.1) is 10.7 Å². The molecule has 5 nitrogen and oxygen atoms in total. The van der Waals surface area contributed by atoms with Crippen LogP contribution in [-0.4, -0.2) is 28.7 Å². The van der Waals surface area contributed by atoms with Crippen molar-refractivity contribution in [3.05, 3.63) is 0 Å². The Bertz CT molecular complexity index is 304. The van der Waals surface area contributed by atoms with Gasteiger partial charge in [0, 0.05) is 0 Å². The van der Waals surface area contributed by atoms with E-state index in [0.717, 1.165) is 11.8 Å². The molecule has 7 heteroatoms. The van der Waals surface area contributed by atoms with Crippen LogP contribution in [0.2, 0.25) is 0 Å². The van der Waals surface area contributed by atoms with Gasteiger partial charge in [0.2, 0.25) is 5.90 Å². The van der Waals surface area contributed by atoms with E-state index in [2.05, 4.69) is 8.80 Å². The van der Waals surface area contributed by atoms with Crippen molar-refractivity contribution in [1.82, 2.24) is 0 Å². The smallest absolute Gasteiger partial charge is 0.269 e. The van der Waals surface area contributed by atoms with Crippen molar-refractivity contribution in [1.29, 1.82) is 5.26 Å². The fourth-order valence-corrected chi connectivity index (χ4v) is 1.79. The minimum Gasteiger partial charge on any atom is -0.479 e. The minimum atomic E-state index is -1.56. The molecular formula is C5H5N3O2S2. The Labute approximate surface area is 76.3 Å². The molecular weight excluding hydrogens is 198 g/mol. The first-order valence-corrected chi connectivity index (χ1v) is 4.96. The fraction of sp³-hybridized carbons (Fsp3) is 0.400. The highest BCUT2D eigenvalue weighted by Crippen LogP contribution is 2.08. The van der Waals surface area contributed by atoms with Gasteiger partial charge in [-0.05, 0) is 11.8 Å². The molecule has 0 N–H and O–H groups in total. The summed E-state index contributed by atoms with van der Waals surface area (Å²) >= 11 is -0.552. The summed E-state index contributed by atoms with van der Waals surface area (Å²) in [6.45, 7) is 0. The molecule has 1 aliphatic rings. The lowest BCUT2D eigenvalue weighted by Gasteiger charge is -1.97. The van der Waals surface area contributed by atoms with E-state index in [1.165, 1.54) is 7.11 Å². The molecule has 1 unspecified atom stereocenters. The average Bonchev–Trinajstić information content (AvgIpc) is 2.42. The lowest BCUT2D eigenvalue weighted by atomic mass is 10.4. The maximum atomic E-state index is 10.7. The van der Waals surface area contributed by atoms with Crippen molar-refractivity contribution in [2.24, 2.45) is 8.80 Å². The third-order valence-corrected chi connectivity index (χ3v) is 2.31. The van der Waals surface area contributed by atoms with Crippen LogP contribution >= 0.6 is 11.8 Å². The molecule has 0 spiro atoms. The Balaban J connectivity index is 2.66. The Morgan fingerprint density at radius 3 is 3.08 bits per heavy atom. The Morgan fingerprint density at radius 1 is 1.75 bits per heavy atom. The highest BCUT2D eigenvalue weighted by molar-refractivity contribution is 8.04. The molecule has 0 saturated carbocycles. The Kier molecular flexibility index (Phi) is 3.25. The largest absolute Gasteiger partial charge is 0.479 e. The van der Waals surface area contributed by atoms with Gasteiger partial charge in [-0.2, -0.15) is 9.66 Å². The third kappa shape index (κ3) is 2.06. The van der Waals surface area contributed by atoms with Crippen molar-refractivity contribution in [3.63, 3.8) is 0 Å². The zero-order valence-corrected chi connectivity index (χ0v) is 7.81. The molecule has 0 radical (unpaired) electrons. The number of nitriles is 1. The maximum absolute atomic E-state index is 10.7. The number of nitrogens with zero attached hydrogens (tertiary/aromatic N) is 3. The van der Waals surface area contributed by atoms with Gasteiger partial charge in [-0.25, -0.2) is 4.21 Å². The van der Waals surface area contributed by atoms with E-state index in [-0.39, 0.29) is 5.90 Å². The van der Waals surface area contributed by atoms with Gasteiger partial charge in [0.1, 0.15) is 11.1 Å². The number of thiocyanates is 1. The molecule has 1 heterocycles. The number of ether oxygens (including phenoxy) is 1. The highest BCUT2D eigenvalue weighted by atomic mass is 32.2. The van der Waals surface area contributed by atoms with Gasteiger partial charge >= 0.3 is 0 Å². The predicted molar refractivity (Wildman–Crippen MR) is 48.1 cm³/mol. The summed E-state index contributed by atoms with van der Waals surface area (Å²) < 4.78 is 22.8. The zero-order chi connectivity index (χ0) is 8.97. The minimum absolute atomic E-state index is 0.260. The van der Waals surface area contributed by atoms with Crippen LogP contribution in [-0.2, 0) is 15.9 Å². The van der Waals surface area contributed by atoms with Gasteiger partial charge in [-0.3, -0.25) is 0 Å². The number of thioether (sulfide) groups is 1. The van der Waals surface area contributed by atoms with Crippen LogP contribution < -0.4 is 0 Å². The molecule has 0 fully saturated rings. The van der Waals surface area contributed by atoms with E-state index in [4.69, 9.17) is 10.00 Å². The SMILES string of the molecule is COC1=NS(=O)N=C1CSC#N. The molecule has 0 aliphatic carbocycles. The van der Waals surface area contributed by atoms with Gasteiger partial charge in [-0.15, -0.1) is 4.40 Å². The van der Waals surface area contributed by atoms with Crippen LogP contribution in [0.15, 0.2) is 8.80 Å². The quantitative estimate of drug-likeness (QED) is 0.604. The first-order valence-electron chi connectivity index (χ1n) is 2.91. The van der Waals surface area contributed by atoms with Crippen LogP contribution in [0.5, 0.6) is 0 Å². The fourth-order valence-electron chi connectivity index (χ4n) is 0.621. The van der Waals surface area contributed by atoms with Gasteiger partial charge in [-0.1, -0.05) is 0 Å². The summed E-state index contributed by atoms with van der Waals surface area (Å²) in [5.74, 6) is 0.616. The van der Waals surface area contributed by atoms with Gasteiger partial charge in [0.15, 0.2) is 0 Å². The molecule has 12 heavy (non-hydrogen) atoms. The highest BCUT2D eigenvalue weighted by Gasteiger charge is 2.18. The predicted octanol–water partition coefficient (Wildman–Crippen LogP) is 0.279. The summed E-state index contributed by atoms with van der Waals surface area (Å²) in [6.07, 6.45) is 0. The molecule has 1 atom stereocenters. The lowest BCUT2D eigenvalue weighted by Crippen LogP contribution is -2.14. The van der Waals surface area contributed by atoms with Crippen molar-refractivity contribution in [2.45, 2.75) is 0 Å². The Hall–Kier alpha value is -0.870. The first-order chi connectivity index (χ1) is 5.77. The third-order valence-electron chi connectivity index (χ3n) is 1.06. The summed E-state index contributed by atoms with van der Waals surface area (Å²) in [6, 6.07) is 0. The van der Waals surface area contributed by atoms with Gasteiger partial charge in [0.25, 0.3) is 11.2 Å². The summed E-state index contributed by atoms with van der Waals surface area (Å²) in [5.41, 5.74) is 0.474. The monoisotopic (exact) mass is 203 g/mol. The molecule has 0 aromatic heterocycles. The second-order valence-corrected chi connectivity index (χ2v) is 3.34. The zero-order valence-electron chi connectivity index (χ0n) is 6.18. The molecule has 0 amide bonds. The second-order valence-electron chi connectivity index (χ2n) is 1.75. The van der Waals surface area contributed by atoms with Crippen LogP contribution in [0.25, 0.3) is 0 Å². The summed E-state index contributed by atoms with van der Waals surface area (Å²) in [7, 11) is 1.42. The molecule has 1 rings (SSSR count). The molecule has 0 saturated heterocycles. The van der Waals surface area contributed by atoms with Gasteiger partial charge in [0.05, 0.1) is 12.9 Å². The number of rotatable bonds is 2. The van der Waals surface area contributed by atoms with Crippen molar-refractivity contribution in [2.75, 3.05) is 12.9 Å². The molecule has 1 aliphatic heterocycles. The second kappa shape index (κ2) is 4.23. The van der Waals surface area contributed by atoms with E-state index in [1.54, 1.807) is 0 Å². The number of methoxy groups -OCH3 is 1. The van der Waals surface area contributed by atoms with E-state index < -0.39 is 11.2 Å². The van der Waals surface area contributed by atoms with Crippen LogP contribution in [0.3, 0.4) is 0 Å². The number of hydrogen-bond donors (Lipinski definition) is 0. The first kappa shape index (κ1) is 9.22. The van der Waals surface area contributed by atoms with E-state index in [9.17, 15) is 4.21 Å². The maximum Gasteiger partial charge on any atom is 0.269 e. The summed E-state index contributed by atoms with van der Waals surface area (Å²) in [4.78, 5) is 0. The molecule has 64 valence electrons. The van der Waals surface area contributed by atoms with E-state index in [1.807, 2.05) is 5.40 Å². The van der Waals surface area contributed by atoms with Crippen molar-refractivity contribution < 1.29 is 8.95 Å². The lowest BCUT2D eigenvalue weighted by molar-refractivity contribution is 0.413. The van der Waals surface area contributed by atoms with Crippen molar-refractivity contribution >= 4 is 34.5 Å². The van der Waals surface area contributed by atoms with Gasteiger partial charge < -0.3 is 4.74 Å². The molecule has 0 aromatic carbocycles. The standard InChI is InChI=1S/C5H5N3O2S2/c1-10-5-4(2-11-3-6)7-12(9)8-5/h2H2,1H3. The topological polar surface area (TPSA) is 74.8 Å². The molecule has 0 aromatic rings. The average molecular weight is 203 g/mol. The van der Waals surface area contributed by atoms with E-state index in [0.29, 0.717) is 11.5 Å². The summed E-state index contributed by atoms with van der Waals surface area (Å²) in [5, 5.41) is 10.1.